The van der Waals surface area contributed by atoms with E-state index in [4.69, 9.17) is 0 Å². The van der Waals surface area contributed by atoms with Crippen LogP contribution < -0.4 is 10.4 Å². The van der Waals surface area contributed by atoms with Gasteiger partial charge in [0.25, 0.3) is 0 Å². The highest BCUT2D eigenvalue weighted by atomic mass is 16.5. The van der Waals surface area contributed by atoms with Crippen LogP contribution in [0.3, 0.4) is 0 Å². The third kappa shape index (κ3) is 3.25. The number of anilines is 2. The van der Waals surface area contributed by atoms with Gasteiger partial charge in [-0.2, -0.15) is 0 Å². The zero-order chi connectivity index (χ0) is 17.9. The van der Waals surface area contributed by atoms with Gasteiger partial charge in [0.15, 0.2) is 0 Å². The monoisotopic (exact) mass is 343 g/mol. The third-order valence-corrected chi connectivity index (χ3v) is 4.41. The first kappa shape index (κ1) is 16.2. The number of imidazole rings is 1. The summed E-state index contributed by atoms with van der Waals surface area (Å²) in [7, 11) is 1.51. The lowest BCUT2D eigenvalue weighted by Gasteiger charge is -2.28. The zero-order valence-electron chi connectivity index (χ0n) is 14.5. The number of hydroxylamine groups is 1. The summed E-state index contributed by atoms with van der Waals surface area (Å²) < 4.78 is 1.84. The molecule has 0 amide bonds. The van der Waals surface area contributed by atoms with Gasteiger partial charge in [-0.25, -0.2) is 4.98 Å². The fraction of sp³-hybridized carbons (Fsp3) is 0.0952. The molecule has 0 saturated carbocycles. The molecule has 0 spiro atoms. The molecular weight excluding hydrogens is 324 g/mol. The van der Waals surface area contributed by atoms with Gasteiger partial charge in [0.2, 0.25) is 0 Å². The van der Waals surface area contributed by atoms with E-state index in [1.807, 2.05) is 41.1 Å². The van der Waals surface area contributed by atoms with Gasteiger partial charge >= 0.3 is 0 Å². The molecule has 4 aromatic rings. The first-order chi connectivity index (χ1) is 12.7. The van der Waals surface area contributed by atoms with Gasteiger partial charge < -0.3 is 20.2 Å². The second kappa shape index (κ2) is 6.90. The summed E-state index contributed by atoms with van der Waals surface area (Å²) in [5.74, 6) is 0. The van der Waals surface area contributed by atoms with Crippen molar-refractivity contribution in [2.45, 2.75) is 6.54 Å². The molecule has 1 aromatic heterocycles. The molecule has 0 aliphatic rings. The fourth-order valence-electron chi connectivity index (χ4n) is 3.05. The molecule has 1 N–H and O–H groups in total. The van der Waals surface area contributed by atoms with Crippen LogP contribution in [0, 0.1) is 5.21 Å². The number of benzene rings is 3. The summed E-state index contributed by atoms with van der Waals surface area (Å²) in [5.41, 5.74) is 3.52. The smallest absolute Gasteiger partial charge is 0.0992 e. The van der Waals surface area contributed by atoms with E-state index in [2.05, 4.69) is 40.6 Å². The highest BCUT2D eigenvalue weighted by molar-refractivity contribution is 5.85. The first-order valence-electron chi connectivity index (χ1n) is 8.45. The van der Waals surface area contributed by atoms with Crippen LogP contribution in [-0.2, 0) is 6.54 Å². The predicted octanol–water partition coefficient (Wildman–Crippen LogP) is 4.57. The molecule has 0 saturated heterocycles. The van der Waals surface area contributed by atoms with Crippen molar-refractivity contribution in [1.82, 2.24) is 9.55 Å². The Morgan fingerprint density at radius 3 is 2.65 bits per heavy atom. The van der Waals surface area contributed by atoms with Crippen molar-refractivity contribution in [3.8, 4) is 5.69 Å². The Balaban J connectivity index is 1.56. The summed E-state index contributed by atoms with van der Waals surface area (Å²) in [6.07, 6.45) is 5.22. The Morgan fingerprint density at radius 1 is 1.04 bits per heavy atom. The third-order valence-electron chi connectivity index (χ3n) is 4.41. The summed E-state index contributed by atoms with van der Waals surface area (Å²) in [5, 5.41) is 18.7. The number of fused-ring (bicyclic) bond motifs is 1. The van der Waals surface area contributed by atoms with Gasteiger partial charge in [0.05, 0.1) is 17.7 Å². The average molecular weight is 343 g/mol. The molecule has 130 valence electrons. The van der Waals surface area contributed by atoms with Crippen molar-refractivity contribution < 1.29 is 0 Å². The minimum absolute atomic E-state index is 0.612. The maximum Gasteiger partial charge on any atom is 0.0992 e. The maximum absolute atomic E-state index is 12.0. The summed E-state index contributed by atoms with van der Waals surface area (Å²) in [4.78, 5) is 4.05. The van der Waals surface area contributed by atoms with E-state index in [9.17, 15) is 5.21 Å². The summed E-state index contributed by atoms with van der Waals surface area (Å²) in [6, 6.07) is 20.5. The molecule has 4 rings (SSSR count). The molecule has 0 aliphatic heterocycles. The molecule has 5 heteroatoms. The van der Waals surface area contributed by atoms with Crippen LogP contribution in [0.4, 0.5) is 11.4 Å². The van der Waals surface area contributed by atoms with Gasteiger partial charge in [-0.15, -0.1) is 0 Å². The maximum atomic E-state index is 12.0. The summed E-state index contributed by atoms with van der Waals surface area (Å²) >= 11 is 0. The molecular formula is C21H19N4O-. The van der Waals surface area contributed by atoms with Gasteiger partial charge in [-0.3, -0.25) is 0 Å². The van der Waals surface area contributed by atoms with Crippen molar-refractivity contribution in [2.24, 2.45) is 0 Å². The van der Waals surface area contributed by atoms with E-state index in [0.29, 0.717) is 12.2 Å². The Kier molecular flexibility index (Phi) is 4.29. The minimum atomic E-state index is 0.612. The Hall–Kier alpha value is -3.31. The molecule has 0 unspecified atom stereocenters. The summed E-state index contributed by atoms with van der Waals surface area (Å²) in [6.45, 7) is 0.642. The van der Waals surface area contributed by atoms with Crippen LogP contribution in [0.15, 0.2) is 79.4 Å². The van der Waals surface area contributed by atoms with Crippen LogP contribution in [0.5, 0.6) is 0 Å². The van der Waals surface area contributed by atoms with Crippen LogP contribution in [0.2, 0.25) is 0 Å². The number of hydrogen-bond donors (Lipinski definition) is 1. The molecule has 0 fully saturated rings. The topological polar surface area (TPSA) is 56.1 Å². The van der Waals surface area contributed by atoms with Crippen LogP contribution >= 0.6 is 0 Å². The quantitative estimate of drug-likeness (QED) is 0.539. The normalized spacial score (nSPS) is 10.8. The van der Waals surface area contributed by atoms with Gasteiger partial charge in [0, 0.05) is 24.6 Å². The minimum Gasteiger partial charge on any atom is -0.758 e. The number of nitrogens with zero attached hydrogens (tertiary/aromatic N) is 3. The molecule has 3 aromatic carbocycles. The van der Waals surface area contributed by atoms with Crippen LogP contribution in [0.25, 0.3) is 16.5 Å². The number of aromatic nitrogens is 2. The number of rotatable bonds is 5. The lowest BCUT2D eigenvalue weighted by atomic mass is 10.1. The van der Waals surface area contributed by atoms with E-state index in [0.717, 1.165) is 22.0 Å². The highest BCUT2D eigenvalue weighted by Crippen LogP contribution is 2.25. The van der Waals surface area contributed by atoms with E-state index in [1.165, 1.54) is 17.8 Å². The molecule has 5 nitrogen and oxygen atoms in total. The van der Waals surface area contributed by atoms with Crippen molar-refractivity contribution in [1.29, 1.82) is 0 Å². The standard InChI is InChI=1S/C21H19N4O/c1-24(26)21-12-16(6-9-20(21)25-11-10-22-15-25)14-23-19-8-7-17-4-2-3-5-18(17)13-19/h2-13,15,23H,14H2,1H3/q-1. The van der Waals surface area contributed by atoms with E-state index < -0.39 is 0 Å². The lowest BCUT2D eigenvalue weighted by molar-refractivity contribution is 1.03. The van der Waals surface area contributed by atoms with Crippen molar-refractivity contribution in [2.75, 3.05) is 17.4 Å². The molecule has 0 aliphatic carbocycles. The Labute approximate surface area is 152 Å². The Morgan fingerprint density at radius 2 is 1.88 bits per heavy atom. The van der Waals surface area contributed by atoms with E-state index >= 15 is 0 Å². The average Bonchev–Trinajstić information content (AvgIpc) is 3.20. The van der Waals surface area contributed by atoms with Crippen LogP contribution in [0.1, 0.15) is 5.56 Å². The molecule has 1 heterocycles. The van der Waals surface area contributed by atoms with E-state index in [-0.39, 0.29) is 0 Å². The van der Waals surface area contributed by atoms with E-state index in [1.54, 1.807) is 12.5 Å². The zero-order valence-corrected chi connectivity index (χ0v) is 14.5. The van der Waals surface area contributed by atoms with Crippen molar-refractivity contribution in [3.63, 3.8) is 0 Å². The van der Waals surface area contributed by atoms with Crippen molar-refractivity contribution in [3.05, 3.63) is 90.2 Å². The van der Waals surface area contributed by atoms with Gasteiger partial charge in [-0.1, -0.05) is 36.4 Å². The Bertz CT molecular complexity index is 1030. The molecule has 0 atom stereocenters. The second-order valence-electron chi connectivity index (χ2n) is 6.21. The van der Waals surface area contributed by atoms with Gasteiger partial charge in [0.1, 0.15) is 0 Å². The predicted molar refractivity (Wildman–Crippen MR) is 107 cm³/mol. The number of nitrogens with one attached hydrogen (secondary N) is 1. The van der Waals surface area contributed by atoms with Gasteiger partial charge in [-0.05, 0) is 47.6 Å². The second-order valence-corrected chi connectivity index (χ2v) is 6.21. The molecule has 0 radical (unpaired) electrons. The van der Waals surface area contributed by atoms with Crippen molar-refractivity contribution >= 4 is 22.1 Å². The lowest BCUT2D eigenvalue weighted by Crippen LogP contribution is -2.11. The number of hydrogen-bond acceptors (Lipinski definition) is 4. The molecule has 26 heavy (non-hydrogen) atoms. The van der Waals surface area contributed by atoms with Crippen LogP contribution in [-0.4, -0.2) is 16.6 Å². The highest BCUT2D eigenvalue weighted by Gasteiger charge is 2.06. The fourth-order valence-corrected chi connectivity index (χ4v) is 3.05. The molecule has 0 bridgehead atoms. The largest absolute Gasteiger partial charge is 0.758 e. The SMILES string of the molecule is CN([O-])c1cc(CNc2ccc3ccccc3c2)ccc1-n1ccnc1. The first-order valence-corrected chi connectivity index (χ1v) is 8.45.